The van der Waals surface area contributed by atoms with E-state index in [-0.39, 0.29) is 10.6 Å². The van der Waals surface area contributed by atoms with Crippen LogP contribution in [0.3, 0.4) is 0 Å². The van der Waals surface area contributed by atoms with Gasteiger partial charge in [0.25, 0.3) is 0 Å². The van der Waals surface area contributed by atoms with Gasteiger partial charge in [-0.15, -0.1) is 0 Å². The van der Waals surface area contributed by atoms with Crippen molar-refractivity contribution in [3.8, 4) is 0 Å². The van der Waals surface area contributed by atoms with Crippen molar-refractivity contribution in [3.63, 3.8) is 0 Å². The van der Waals surface area contributed by atoms with Crippen LogP contribution in [0.5, 0.6) is 0 Å². The zero-order valence-corrected chi connectivity index (χ0v) is 9.69. The Kier molecular flexibility index (Phi) is 3.95. The molecule has 16 heavy (non-hydrogen) atoms. The standard InChI is InChI=1S/C9H8ClN3O2S/c1-7(12-13-11)9(10)16(14,15)8-5-3-2-4-6-8/h2-6,9H,1H2. The average molecular weight is 258 g/mol. The molecule has 0 fully saturated rings. The summed E-state index contributed by atoms with van der Waals surface area (Å²) >= 11 is 5.68. The lowest BCUT2D eigenvalue weighted by Crippen LogP contribution is -2.16. The zero-order chi connectivity index (χ0) is 12.2. The molecule has 1 unspecified atom stereocenters. The minimum atomic E-state index is -3.76. The topological polar surface area (TPSA) is 82.9 Å². The van der Waals surface area contributed by atoms with Crippen molar-refractivity contribution >= 4 is 21.4 Å². The van der Waals surface area contributed by atoms with Crippen LogP contribution < -0.4 is 0 Å². The molecule has 0 N–H and O–H groups in total. The van der Waals surface area contributed by atoms with Crippen LogP contribution >= 0.6 is 11.6 Å². The van der Waals surface area contributed by atoms with Crippen LogP contribution in [0.15, 0.2) is 52.6 Å². The maximum Gasteiger partial charge on any atom is 0.199 e. The Balaban J connectivity index is 3.13. The second-order valence-corrected chi connectivity index (χ2v) is 5.58. The van der Waals surface area contributed by atoms with Gasteiger partial charge in [0.1, 0.15) is 0 Å². The van der Waals surface area contributed by atoms with Gasteiger partial charge in [0.2, 0.25) is 0 Å². The fraction of sp³-hybridized carbons (Fsp3) is 0.111. The minimum absolute atomic E-state index is 0.0595. The van der Waals surface area contributed by atoms with Gasteiger partial charge in [0.15, 0.2) is 14.5 Å². The Morgan fingerprint density at radius 2 is 2.00 bits per heavy atom. The molecule has 1 aromatic carbocycles. The lowest BCUT2D eigenvalue weighted by Gasteiger charge is -2.09. The van der Waals surface area contributed by atoms with E-state index in [0.29, 0.717) is 0 Å². The molecule has 0 aromatic heterocycles. The molecule has 0 aliphatic carbocycles. The summed E-state index contributed by atoms with van der Waals surface area (Å²) in [5.74, 6) is 0. The maximum absolute atomic E-state index is 11.9. The quantitative estimate of drug-likeness (QED) is 0.360. The monoisotopic (exact) mass is 257 g/mol. The molecule has 7 heteroatoms. The predicted molar refractivity (Wildman–Crippen MR) is 61.6 cm³/mol. The van der Waals surface area contributed by atoms with Crippen molar-refractivity contribution < 1.29 is 8.42 Å². The van der Waals surface area contributed by atoms with Gasteiger partial charge in [0.05, 0.1) is 4.90 Å². The van der Waals surface area contributed by atoms with Gasteiger partial charge in [-0.1, -0.05) is 41.5 Å². The van der Waals surface area contributed by atoms with E-state index in [1.54, 1.807) is 18.2 Å². The first-order valence-corrected chi connectivity index (χ1v) is 6.15. The molecule has 5 nitrogen and oxygen atoms in total. The van der Waals surface area contributed by atoms with E-state index in [2.05, 4.69) is 16.6 Å². The Labute approximate surface area is 97.9 Å². The van der Waals surface area contributed by atoms with Crippen LogP contribution in [-0.2, 0) is 9.84 Å². The highest BCUT2D eigenvalue weighted by molar-refractivity contribution is 7.93. The molecule has 0 heterocycles. The summed E-state index contributed by atoms with van der Waals surface area (Å²) in [7, 11) is -3.76. The number of azide groups is 1. The van der Waals surface area contributed by atoms with Crippen LogP contribution in [0.25, 0.3) is 10.4 Å². The predicted octanol–water partition coefficient (Wildman–Crippen LogP) is 2.85. The fourth-order valence-electron chi connectivity index (χ4n) is 1.01. The van der Waals surface area contributed by atoms with E-state index in [9.17, 15) is 8.42 Å². The first-order valence-electron chi connectivity index (χ1n) is 4.17. The summed E-state index contributed by atoms with van der Waals surface area (Å²) in [6.45, 7) is 3.30. The SMILES string of the molecule is C=C(N=[N+]=[N-])C(Cl)S(=O)(=O)c1ccccc1. The largest absolute Gasteiger partial charge is 0.222 e. The molecular formula is C9H8ClN3O2S. The minimum Gasteiger partial charge on any atom is -0.222 e. The van der Waals surface area contributed by atoms with Gasteiger partial charge in [-0.25, -0.2) is 8.42 Å². The van der Waals surface area contributed by atoms with E-state index in [1.165, 1.54) is 12.1 Å². The molecule has 84 valence electrons. The summed E-state index contributed by atoms with van der Waals surface area (Å²) < 4.78 is 22.3. The first-order chi connectivity index (χ1) is 7.50. The highest BCUT2D eigenvalue weighted by atomic mass is 35.5. The summed E-state index contributed by atoms with van der Waals surface area (Å²) in [4.78, 5) is 2.50. The van der Waals surface area contributed by atoms with E-state index in [1.807, 2.05) is 0 Å². The molecule has 0 saturated heterocycles. The van der Waals surface area contributed by atoms with Gasteiger partial charge < -0.3 is 0 Å². The molecule has 0 aliphatic heterocycles. The highest BCUT2D eigenvalue weighted by Crippen LogP contribution is 2.24. The normalized spacial score (nSPS) is 12.6. The molecule has 0 radical (unpaired) electrons. The number of hydrogen-bond acceptors (Lipinski definition) is 3. The Hall–Kier alpha value is -1.49. The van der Waals surface area contributed by atoms with Crippen molar-refractivity contribution in [2.75, 3.05) is 0 Å². The number of halogens is 1. The third-order valence-corrected chi connectivity index (χ3v) is 4.48. The lowest BCUT2D eigenvalue weighted by atomic mass is 10.4. The van der Waals surface area contributed by atoms with Gasteiger partial charge in [-0.05, 0) is 17.7 Å². The van der Waals surface area contributed by atoms with Crippen molar-refractivity contribution in [1.29, 1.82) is 0 Å². The van der Waals surface area contributed by atoms with Crippen molar-refractivity contribution in [1.82, 2.24) is 0 Å². The molecule has 1 atom stereocenters. The number of hydrogen-bond donors (Lipinski definition) is 0. The van der Waals surface area contributed by atoms with Gasteiger partial charge in [0, 0.05) is 10.6 Å². The second kappa shape index (κ2) is 5.03. The molecule has 0 bridgehead atoms. The Morgan fingerprint density at radius 1 is 1.44 bits per heavy atom. The van der Waals surface area contributed by atoms with E-state index >= 15 is 0 Å². The number of benzene rings is 1. The molecule has 1 rings (SSSR count). The van der Waals surface area contributed by atoms with E-state index < -0.39 is 14.5 Å². The van der Waals surface area contributed by atoms with Gasteiger partial charge in [-0.2, -0.15) is 0 Å². The van der Waals surface area contributed by atoms with Gasteiger partial charge in [-0.3, -0.25) is 0 Å². The summed E-state index contributed by atoms with van der Waals surface area (Å²) in [5, 5.41) is 3.09. The van der Waals surface area contributed by atoms with Crippen molar-refractivity contribution in [2.24, 2.45) is 5.11 Å². The van der Waals surface area contributed by atoms with Crippen LogP contribution in [0, 0.1) is 0 Å². The van der Waals surface area contributed by atoms with Gasteiger partial charge >= 0.3 is 0 Å². The number of nitrogens with zero attached hydrogens (tertiary/aromatic N) is 3. The number of alkyl halides is 1. The molecule has 1 aromatic rings. The maximum atomic E-state index is 11.9. The smallest absolute Gasteiger partial charge is 0.199 e. The number of rotatable bonds is 4. The molecule has 0 saturated carbocycles. The van der Waals surface area contributed by atoms with Crippen LogP contribution in [0.2, 0.25) is 0 Å². The third kappa shape index (κ3) is 2.55. The Bertz CT molecular complexity index is 535. The van der Waals surface area contributed by atoms with E-state index in [4.69, 9.17) is 17.1 Å². The van der Waals surface area contributed by atoms with Crippen LogP contribution in [-0.4, -0.2) is 13.1 Å². The average Bonchev–Trinajstić information content (AvgIpc) is 2.29. The van der Waals surface area contributed by atoms with E-state index in [0.717, 1.165) is 0 Å². The second-order valence-electron chi connectivity index (χ2n) is 2.85. The first kappa shape index (κ1) is 12.6. The Morgan fingerprint density at radius 3 is 2.50 bits per heavy atom. The summed E-state index contributed by atoms with van der Waals surface area (Å²) in [6.07, 6.45) is 0. The molecule has 0 spiro atoms. The third-order valence-electron chi connectivity index (χ3n) is 1.78. The van der Waals surface area contributed by atoms with Crippen molar-refractivity contribution in [3.05, 3.63) is 53.1 Å². The lowest BCUT2D eigenvalue weighted by molar-refractivity contribution is 0.595. The summed E-state index contributed by atoms with van der Waals surface area (Å²) in [5.41, 5.74) is 7.92. The molecular weight excluding hydrogens is 250 g/mol. The van der Waals surface area contributed by atoms with Crippen molar-refractivity contribution in [2.45, 2.75) is 9.60 Å². The zero-order valence-electron chi connectivity index (χ0n) is 8.12. The summed E-state index contributed by atoms with van der Waals surface area (Å²) in [6, 6.07) is 7.66. The molecule has 0 amide bonds. The fourth-order valence-corrected chi connectivity index (χ4v) is 2.54. The van der Waals surface area contributed by atoms with Crippen LogP contribution in [0.4, 0.5) is 0 Å². The van der Waals surface area contributed by atoms with Crippen LogP contribution in [0.1, 0.15) is 0 Å². The number of sulfone groups is 1. The molecule has 0 aliphatic rings. The highest BCUT2D eigenvalue weighted by Gasteiger charge is 2.27.